The van der Waals surface area contributed by atoms with Gasteiger partial charge < -0.3 is 14.5 Å². The fourth-order valence-electron chi connectivity index (χ4n) is 3.49. The summed E-state index contributed by atoms with van der Waals surface area (Å²) in [5.74, 6) is -0.972. The minimum atomic E-state index is -0.703. The van der Waals surface area contributed by atoms with Crippen molar-refractivity contribution in [3.63, 3.8) is 0 Å². The minimum Gasteiger partial charge on any atom is -0.481 e. The number of aromatic nitrogens is 1. The van der Waals surface area contributed by atoms with E-state index in [1.807, 2.05) is 48.7 Å². The van der Waals surface area contributed by atoms with Gasteiger partial charge in [0, 0.05) is 31.4 Å². The molecule has 0 aliphatic carbocycles. The number of aliphatic carboxylic acids is 1. The Labute approximate surface area is 172 Å². The molecule has 2 aromatic rings. The van der Waals surface area contributed by atoms with Gasteiger partial charge in [0.2, 0.25) is 0 Å². The average molecular weight is 406 g/mol. The van der Waals surface area contributed by atoms with Gasteiger partial charge >= 0.3 is 5.97 Å². The summed E-state index contributed by atoms with van der Waals surface area (Å²) in [6.45, 7) is 5.59. The lowest BCUT2D eigenvalue weighted by atomic mass is 9.98. The van der Waals surface area contributed by atoms with Crippen molar-refractivity contribution in [2.75, 3.05) is 26.2 Å². The molecule has 1 aromatic heterocycles. The lowest BCUT2D eigenvalue weighted by Gasteiger charge is -2.29. The Bertz CT molecular complexity index is 776. The van der Waals surface area contributed by atoms with Gasteiger partial charge in [-0.1, -0.05) is 35.5 Å². The van der Waals surface area contributed by atoms with Gasteiger partial charge in [0.05, 0.1) is 11.6 Å². The van der Waals surface area contributed by atoms with Gasteiger partial charge in [-0.15, -0.1) is 12.4 Å². The molecule has 152 valence electrons. The van der Waals surface area contributed by atoms with Crippen molar-refractivity contribution < 1.29 is 14.7 Å². The van der Waals surface area contributed by atoms with Crippen molar-refractivity contribution in [1.29, 1.82) is 0 Å². The highest BCUT2D eigenvalue weighted by atomic mass is 35.5. The molecular weight excluding hydrogens is 378 g/mol. The van der Waals surface area contributed by atoms with Crippen LogP contribution in [0.4, 0.5) is 0 Å². The van der Waals surface area contributed by atoms with Crippen molar-refractivity contribution in [2.45, 2.75) is 26.3 Å². The summed E-state index contributed by atoms with van der Waals surface area (Å²) in [5, 5.41) is 13.6. The molecular formula is C21H28ClN3O3. The van der Waals surface area contributed by atoms with Crippen LogP contribution in [0.5, 0.6) is 0 Å². The highest BCUT2D eigenvalue weighted by molar-refractivity contribution is 6.11. The lowest BCUT2D eigenvalue weighted by Crippen LogP contribution is -2.40. The highest BCUT2D eigenvalue weighted by Crippen LogP contribution is 2.16. The van der Waals surface area contributed by atoms with Gasteiger partial charge in [-0.2, -0.15) is 0 Å². The van der Waals surface area contributed by atoms with E-state index in [1.165, 1.54) is 0 Å². The van der Waals surface area contributed by atoms with Crippen molar-refractivity contribution >= 4 is 24.1 Å². The number of carboxylic acid groups (broad SMARTS) is 1. The predicted octanol–water partition coefficient (Wildman–Crippen LogP) is 3.50. The summed E-state index contributed by atoms with van der Waals surface area (Å²) in [6.07, 6.45) is 3.71. The van der Waals surface area contributed by atoms with E-state index in [4.69, 9.17) is 4.84 Å². The number of nitrogens with zero attached hydrogens (tertiary/aromatic N) is 3. The average Bonchev–Trinajstić information content (AvgIpc) is 3.17. The smallest absolute Gasteiger partial charge is 0.307 e. The highest BCUT2D eigenvalue weighted by Gasteiger charge is 2.25. The first-order valence-electron chi connectivity index (χ1n) is 9.55. The van der Waals surface area contributed by atoms with Crippen molar-refractivity contribution in [3.05, 3.63) is 59.9 Å². The number of hydrogen-bond acceptors (Lipinski definition) is 4. The maximum Gasteiger partial charge on any atom is 0.307 e. The lowest BCUT2D eigenvalue weighted by molar-refractivity contribution is -0.143. The molecule has 7 heteroatoms. The molecule has 0 saturated carbocycles. The van der Waals surface area contributed by atoms with Crippen LogP contribution in [-0.2, 0) is 16.2 Å². The molecule has 6 nitrogen and oxygen atoms in total. The second kappa shape index (κ2) is 10.9. The molecule has 0 radical (unpaired) electrons. The van der Waals surface area contributed by atoms with Crippen LogP contribution < -0.4 is 0 Å². The van der Waals surface area contributed by atoms with Crippen molar-refractivity contribution in [1.82, 2.24) is 9.47 Å². The van der Waals surface area contributed by atoms with Crippen LogP contribution in [0, 0.1) is 5.92 Å². The fraction of sp³-hybridized carbons (Fsp3) is 0.429. The first-order chi connectivity index (χ1) is 13.2. The zero-order valence-corrected chi connectivity index (χ0v) is 17.0. The molecule has 1 aromatic carbocycles. The summed E-state index contributed by atoms with van der Waals surface area (Å²) < 4.78 is 2.14. The molecule has 28 heavy (non-hydrogen) atoms. The standard InChI is InChI=1S/C21H27N3O3.ClH/c1-2-24-13-7-11-19(24)20(17-8-4-3-5-9-17)22-27-15-14-23-12-6-10-18(16-23)21(25)26;/h3-5,7-9,11,13,18H,2,6,10,12,14-16H2,1H3,(H,25,26);1H/b22-20+;/t18-;/m1./s1. The number of likely N-dealkylation sites (tertiary alicyclic amines) is 1. The fourth-order valence-corrected chi connectivity index (χ4v) is 3.49. The summed E-state index contributed by atoms with van der Waals surface area (Å²) in [7, 11) is 0. The number of halogens is 1. The quantitative estimate of drug-likeness (QED) is 0.414. The van der Waals surface area contributed by atoms with Crippen LogP contribution in [-0.4, -0.2) is 52.5 Å². The molecule has 0 bridgehead atoms. The van der Waals surface area contributed by atoms with E-state index in [2.05, 4.69) is 21.5 Å². The molecule has 1 saturated heterocycles. The number of aryl methyl sites for hydroxylation is 1. The van der Waals surface area contributed by atoms with Crippen molar-refractivity contribution in [2.24, 2.45) is 11.1 Å². The third kappa shape index (κ3) is 5.59. The number of rotatable bonds is 8. The zero-order valence-electron chi connectivity index (χ0n) is 16.2. The van der Waals surface area contributed by atoms with E-state index in [0.29, 0.717) is 19.7 Å². The van der Waals surface area contributed by atoms with E-state index in [0.717, 1.165) is 42.9 Å². The van der Waals surface area contributed by atoms with Crippen LogP contribution in [0.25, 0.3) is 0 Å². The third-order valence-electron chi connectivity index (χ3n) is 4.97. The topological polar surface area (TPSA) is 67.1 Å². The van der Waals surface area contributed by atoms with Gasteiger partial charge in [0.1, 0.15) is 12.3 Å². The number of hydrogen-bond donors (Lipinski definition) is 1. The first kappa shape index (κ1) is 22.0. The SMILES string of the molecule is CCn1cccc1/C(=N/OCCN1CCC[C@@H](C(=O)O)C1)c1ccccc1.Cl. The van der Waals surface area contributed by atoms with Gasteiger partial charge in [-0.3, -0.25) is 9.69 Å². The normalized spacial score (nSPS) is 17.8. The number of carboxylic acids is 1. The monoisotopic (exact) mass is 405 g/mol. The second-order valence-electron chi connectivity index (χ2n) is 6.80. The molecule has 3 rings (SSSR count). The Balaban J connectivity index is 0.00000280. The molecule has 1 N–H and O–H groups in total. The van der Waals surface area contributed by atoms with Gasteiger partial charge in [0.25, 0.3) is 0 Å². The van der Waals surface area contributed by atoms with Gasteiger partial charge in [0.15, 0.2) is 0 Å². The van der Waals surface area contributed by atoms with Crippen molar-refractivity contribution in [3.8, 4) is 0 Å². The maximum atomic E-state index is 11.2. The molecule has 0 unspecified atom stereocenters. The molecule has 2 heterocycles. The van der Waals surface area contributed by atoms with E-state index in [9.17, 15) is 9.90 Å². The molecule has 1 aliphatic rings. The largest absolute Gasteiger partial charge is 0.481 e. The Hall–Kier alpha value is -2.31. The van der Waals surface area contributed by atoms with Crippen LogP contribution in [0.2, 0.25) is 0 Å². The Morgan fingerprint density at radius 2 is 2.04 bits per heavy atom. The molecule has 0 amide bonds. The molecule has 1 aliphatic heterocycles. The maximum absolute atomic E-state index is 11.2. The summed E-state index contributed by atoms with van der Waals surface area (Å²) >= 11 is 0. The Morgan fingerprint density at radius 3 is 2.75 bits per heavy atom. The van der Waals surface area contributed by atoms with E-state index < -0.39 is 5.97 Å². The minimum absolute atomic E-state index is 0. The summed E-state index contributed by atoms with van der Waals surface area (Å²) in [4.78, 5) is 19.0. The number of piperidine rings is 1. The Morgan fingerprint density at radius 1 is 1.25 bits per heavy atom. The molecule has 1 fully saturated rings. The number of oxime groups is 1. The third-order valence-corrected chi connectivity index (χ3v) is 4.97. The summed E-state index contributed by atoms with van der Waals surface area (Å²) in [5.41, 5.74) is 2.84. The Kier molecular flexibility index (Phi) is 8.54. The van der Waals surface area contributed by atoms with Crippen LogP contribution in [0.1, 0.15) is 31.0 Å². The van der Waals surface area contributed by atoms with Crippen LogP contribution in [0.15, 0.2) is 53.8 Å². The number of benzene rings is 1. The van der Waals surface area contributed by atoms with Gasteiger partial charge in [-0.25, -0.2) is 0 Å². The van der Waals surface area contributed by atoms with Crippen LogP contribution in [0.3, 0.4) is 0 Å². The number of carbonyl (C=O) groups is 1. The van der Waals surface area contributed by atoms with Gasteiger partial charge in [-0.05, 0) is 38.4 Å². The van der Waals surface area contributed by atoms with E-state index >= 15 is 0 Å². The first-order valence-corrected chi connectivity index (χ1v) is 9.55. The molecule has 1 atom stereocenters. The molecule has 0 spiro atoms. The van der Waals surface area contributed by atoms with Crippen LogP contribution >= 0.6 is 12.4 Å². The predicted molar refractivity (Wildman–Crippen MR) is 112 cm³/mol. The summed E-state index contributed by atoms with van der Waals surface area (Å²) in [6, 6.07) is 14.1. The van der Waals surface area contributed by atoms with E-state index in [-0.39, 0.29) is 18.3 Å². The van der Waals surface area contributed by atoms with E-state index in [1.54, 1.807) is 0 Å². The second-order valence-corrected chi connectivity index (χ2v) is 6.80. The zero-order chi connectivity index (χ0) is 19.1.